The summed E-state index contributed by atoms with van der Waals surface area (Å²) in [5.74, 6) is 0.784. The van der Waals surface area contributed by atoms with Crippen LogP contribution in [-0.4, -0.2) is 17.3 Å². The molecule has 2 amide bonds. The number of nitrogens with one attached hydrogen (secondary N) is 2. The summed E-state index contributed by atoms with van der Waals surface area (Å²) < 4.78 is 10.3. The van der Waals surface area contributed by atoms with E-state index in [-0.39, 0.29) is 6.61 Å². The second-order valence-electron chi connectivity index (χ2n) is 5.73. The molecule has 0 fully saturated rings. The molecule has 0 unspecified atom stereocenters. The summed E-state index contributed by atoms with van der Waals surface area (Å²) >= 11 is 0. The Morgan fingerprint density at radius 1 is 0.714 bits per heavy atom. The zero-order valence-corrected chi connectivity index (χ0v) is 14.8. The van der Waals surface area contributed by atoms with E-state index >= 15 is 0 Å². The smallest absolute Gasteiger partial charge is 0.410 e. The van der Waals surface area contributed by atoms with Crippen LogP contribution in [0.2, 0.25) is 0 Å². The largest absolute Gasteiger partial charge is 0.417 e. The van der Waals surface area contributed by atoms with Crippen molar-refractivity contribution in [2.45, 2.75) is 6.61 Å². The number of para-hydroxylation sites is 2. The quantitative estimate of drug-likeness (QED) is 0.611. The SMILES string of the molecule is O=C(Nc1cc(CO)cc(NC(=O)Oc2ccccc2)c1)Oc1ccccc1. The number of benzene rings is 3. The Kier molecular flexibility index (Phi) is 6.22. The highest BCUT2D eigenvalue weighted by Crippen LogP contribution is 2.21. The molecule has 7 heteroatoms. The van der Waals surface area contributed by atoms with Crippen LogP contribution in [0.4, 0.5) is 21.0 Å². The molecule has 0 aromatic heterocycles. The van der Waals surface area contributed by atoms with Gasteiger partial charge in [0, 0.05) is 11.4 Å². The first-order chi connectivity index (χ1) is 13.6. The van der Waals surface area contributed by atoms with Crippen molar-refractivity contribution < 1.29 is 24.2 Å². The Morgan fingerprint density at radius 3 is 1.54 bits per heavy atom. The average molecular weight is 378 g/mol. The number of hydrogen-bond acceptors (Lipinski definition) is 5. The van der Waals surface area contributed by atoms with Gasteiger partial charge in [-0.1, -0.05) is 36.4 Å². The minimum atomic E-state index is -0.695. The fourth-order valence-electron chi connectivity index (χ4n) is 2.41. The van der Waals surface area contributed by atoms with E-state index in [0.29, 0.717) is 28.4 Å². The third kappa shape index (κ3) is 5.58. The molecule has 0 radical (unpaired) electrons. The summed E-state index contributed by atoms with van der Waals surface area (Å²) in [5, 5.41) is 14.6. The molecule has 0 bridgehead atoms. The average Bonchev–Trinajstić information content (AvgIpc) is 2.69. The molecule has 0 atom stereocenters. The summed E-state index contributed by atoms with van der Waals surface area (Å²) in [5.41, 5.74) is 1.19. The summed E-state index contributed by atoms with van der Waals surface area (Å²) in [7, 11) is 0. The van der Waals surface area contributed by atoms with Crippen molar-refractivity contribution in [3.63, 3.8) is 0 Å². The van der Waals surface area contributed by atoms with Gasteiger partial charge < -0.3 is 14.6 Å². The van der Waals surface area contributed by atoms with Gasteiger partial charge in [0.1, 0.15) is 11.5 Å². The van der Waals surface area contributed by atoms with E-state index in [1.807, 2.05) is 12.1 Å². The molecule has 0 spiro atoms. The molecule has 7 nitrogen and oxygen atoms in total. The predicted octanol–water partition coefficient (Wildman–Crippen LogP) is 4.40. The van der Waals surface area contributed by atoms with Gasteiger partial charge in [-0.25, -0.2) is 9.59 Å². The van der Waals surface area contributed by atoms with E-state index in [1.165, 1.54) is 6.07 Å². The lowest BCUT2D eigenvalue weighted by atomic mass is 10.2. The number of carbonyl (C=O) groups is 2. The van der Waals surface area contributed by atoms with Gasteiger partial charge in [-0.15, -0.1) is 0 Å². The Balaban J connectivity index is 1.67. The Labute approximate surface area is 161 Å². The van der Waals surface area contributed by atoms with Gasteiger partial charge >= 0.3 is 12.2 Å². The second-order valence-corrected chi connectivity index (χ2v) is 5.73. The third-order valence-corrected chi connectivity index (χ3v) is 3.58. The lowest BCUT2D eigenvalue weighted by Crippen LogP contribution is -2.19. The highest BCUT2D eigenvalue weighted by atomic mass is 16.6. The van der Waals surface area contributed by atoms with Gasteiger partial charge in [0.25, 0.3) is 0 Å². The zero-order chi connectivity index (χ0) is 19.8. The fraction of sp³-hybridized carbons (Fsp3) is 0.0476. The highest BCUT2D eigenvalue weighted by molar-refractivity contribution is 5.90. The van der Waals surface area contributed by atoms with Crippen LogP contribution in [0, 0.1) is 0 Å². The van der Waals surface area contributed by atoms with E-state index in [9.17, 15) is 14.7 Å². The molecule has 0 aliphatic rings. The summed E-state index contributed by atoms with van der Waals surface area (Å²) in [4.78, 5) is 24.1. The van der Waals surface area contributed by atoms with Crippen LogP contribution in [0.25, 0.3) is 0 Å². The van der Waals surface area contributed by atoms with E-state index in [4.69, 9.17) is 9.47 Å². The van der Waals surface area contributed by atoms with Crippen molar-refractivity contribution in [3.05, 3.63) is 84.4 Å². The molecule has 3 aromatic rings. The number of ether oxygens (including phenoxy) is 2. The lowest BCUT2D eigenvalue weighted by Gasteiger charge is -2.11. The zero-order valence-electron chi connectivity index (χ0n) is 14.8. The van der Waals surface area contributed by atoms with Crippen LogP contribution in [0.15, 0.2) is 78.9 Å². The Bertz CT molecular complexity index is 872. The topological polar surface area (TPSA) is 96.9 Å². The van der Waals surface area contributed by atoms with Gasteiger partial charge in [0.2, 0.25) is 0 Å². The maximum atomic E-state index is 12.0. The molecule has 0 aliphatic heterocycles. The van der Waals surface area contributed by atoms with Crippen LogP contribution < -0.4 is 20.1 Å². The molecule has 0 saturated heterocycles. The van der Waals surface area contributed by atoms with E-state index in [0.717, 1.165) is 0 Å². The van der Waals surface area contributed by atoms with Gasteiger partial charge in [-0.05, 0) is 48.0 Å². The van der Waals surface area contributed by atoms with Crippen LogP contribution in [-0.2, 0) is 6.61 Å². The Morgan fingerprint density at radius 2 is 1.14 bits per heavy atom. The standard InChI is InChI=1S/C21H18N2O5/c24-14-15-11-16(22-20(25)27-18-7-3-1-4-8-18)13-17(12-15)23-21(26)28-19-9-5-2-6-10-19/h1-13,24H,14H2,(H,22,25)(H,23,26). The van der Waals surface area contributed by atoms with Crippen molar-refractivity contribution in [1.29, 1.82) is 0 Å². The van der Waals surface area contributed by atoms with E-state index < -0.39 is 12.2 Å². The van der Waals surface area contributed by atoms with Gasteiger partial charge in [-0.2, -0.15) is 0 Å². The first-order valence-corrected chi connectivity index (χ1v) is 8.45. The molecule has 28 heavy (non-hydrogen) atoms. The van der Waals surface area contributed by atoms with Crippen molar-refractivity contribution in [3.8, 4) is 11.5 Å². The molecule has 0 saturated carbocycles. The predicted molar refractivity (Wildman–Crippen MR) is 105 cm³/mol. The minimum absolute atomic E-state index is 0.272. The number of hydrogen-bond donors (Lipinski definition) is 3. The van der Waals surface area contributed by atoms with Gasteiger partial charge in [-0.3, -0.25) is 10.6 Å². The number of amides is 2. The minimum Gasteiger partial charge on any atom is -0.410 e. The van der Waals surface area contributed by atoms with Crippen LogP contribution in [0.1, 0.15) is 5.56 Å². The fourth-order valence-corrected chi connectivity index (χ4v) is 2.41. The lowest BCUT2D eigenvalue weighted by molar-refractivity contribution is 0.214. The molecule has 0 aliphatic carbocycles. The van der Waals surface area contributed by atoms with Gasteiger partial charge in [0.05, 0.1) is 6.61 Å². The number of carbonyl (C=O) groups excluding carboxylic acids is 2. The highest BCUT2D eigenvalue weighted by Gasteiger charge is 2.10. The summed E-state index contributed by atoms with van der Waals surface area (Å²) in [6, 6.07) is 21.9. The molecule has 0 heterocycles. The second kappa shape index (κ2) is 9.20. The molecule has 3 N–H and O–H groups in total. The molecule has 3 rings (SSSR count). The summed E-state index contributed by atoms with van der Waals surface area (Å²) in [6.07, 6.45) is -1.39. The first kappa shape index (κ1) is 18.9. The van der Waals surface area contributed by atoms with Gasteiger partial charge in [0.15, 0.2) is 0 Å². The monoisotopic (exact) mass is 378 g/mol. The van der Waals surface area contributed by atoms with Crippen molar-refractivity contribution in [1.82, 2.24) is 0 Å². The van der Waals surface area contributed by atoms with Crippen LogP contribution in [0.3, 0.4) is 0 Å². The Hall–Kier alpha value is -3.84. The maximum absolute atomic E-state index is 12.0. The molecule has 3 aromatic carbocycles. The van der Waals surface area contributed by atoms with Crippen molar-refractivity contribution >= 4 is 23.6 Å². The first-order valence-electron chi connectivity index (χ1n) is 8.45. The molecular formula is C21H18N2O5. The normalized spacial score (nSPS) is 10.0. The van der Waals surface area contributed by atoms with Crippen LogP contribution in [0.5, 0.6) is 11.5 Å². The summed E-state index contributed by atoms with van der Waals surface area (Å²) in [6.45, 7) is -0.272. The number of aliphatic hydroxyl groups excluding tert-OH is 1. The van der Waals surface area contributed by atoms with E-state index in [2.05, 4.69) is 10.6 Å². The molecule has 142 valence electrons. The number of aliphatic hydroxyl groups is 1. The third-order valence-electron chi connectivity index (χ3n) is 3.58. The number of anilines is 2. The van der Waals surface area contributed by atoms with Crippen molar-refractivity contribution in [2.24, 2.45) is 0 Å². The van der Waals surface area contributed by atoms with Crippen LogP contribution >= 0.6 is 0 Å². The number of rotatable bonds is 5. The van der Waals surface area contributed by atoms with E-state index in [1.54, 1.807) is 60.7 Å². The molecular weight excluding hydrogens is 360 g/mol. The maximum Gasteiger partial charge on any atom is 0.417 e. The van der Waals surface area contributed by atoms with Crippen molar-refractivity contribution in [2.75, 3.05) is 10.6 Å².